The van der Waals surface area contributed by atoms with Crippen molar-refractivity contribution < 1.29 is 9.90 Å². The molecule has 1 N–H and O–H groups in total. The summed E-state index contributed by atoms with van der Waals surface area (Å²) in [5, 5.41) is 9.07. The van der Waals surface area contributed by atoms with Crippen LogP contribution in [-0.2, 0) is 6.54 Å². The van der Waals surface area contributed by atoms with Crippen LogP contribution in [0, 0.1) is 0 Å². The molecule has 2 heterocycles. The zero-order valence-electron chi connectivity index (χ0n) is 11.9. The maximum Gasteiger partial charge on any atom is 0.354 e. The number of hydrogen-bond donors (Lipinski definition) is 1. The van der Waals surface area contributed by atoms with Crippen LogP contribution < -0.4 is 9.80 Å². The number of rotatable bonds is 2. The number of anilines is 2. The van der Waals surface area contributed by atoms with E-state index in [0.29, 0.717) is 5.82 Å². The van der Waals surface area contributed by atoms with Gasteiger partial charge in [0.05, 0.1) is 0 Å². The Morgan fingerprint density at radius 1 is 1.14 bits per heavy atom. The largest absolute Gasteiger partial charge is 0.477 e. The molecule has 0 bridgehead atoms. The summed E-state index contributed by atoms with van der Waals surface area (Å²) >= 11 is 0. The molecule has 0 amide bonds. The van der Waals surface area contributed by atoms with Crippen molar-refractivity contribution in [2.24, 2.45) is 0 Å². The highest BCUT2D eigenvalue weighted by molar-refractivity contribution is 5.85. The first-order chi connectivity index (χ1) is 10.1. The summed E-state index contributed by atoms with van der Waals surface area (Å²) < 4.78 is 0. The average molecular weight is 283 g/mol. The monoisotopic (exact) mass is 283 g/mol. The third kappa shape index (κ3) is 2.67. The Kier molecular flexibility index (Phi) is 3.48. The molecular formula is C16H17N3O2. The van der Waals surface area contributed by atoms with E-state index < -0.39 is 5.97 Å². The van der Waals surface area contributed by atoms with E-state index in [1.807, 2.05) is 18.2 Å². The molecule has 21 heavy (non-hydrogen) atoms. The zero-order valence-corrected chi connectivity index (χ0v) is 11.9. The third-order valence-corrected chi connectivity index (χ3v) is 3.75. The maximum absolute atomic E-state index is 11.1. The van der Waals surface area contributed by atoms with E-state index in [9.17, 15) is 4.79 Å². The Hall–Kier alpha value is -2.56. The number of nitrogens with zero attached hydrogens (tertiary/aromatic N) is 3. The number of carboxylic acids is 1. The van der Waals surface area contributed by atoms with Crippen LogP contribution in [0.25, 0.3) is 0 Å². The van der Waals surface area contributed by atoms with Gasteiger partial charge in [-0.05, 0) is 23.8 Å². The van der Waals surface area contributed by atoms with Crippen LogP contribution in [0.3, 0.4) is 0 Å². The smallest absolute Gasteiger partial charge is 0.354 e. The fourth-order valence-electron chi connectivity index (χ4n) is 2.61. The fourth-order valence-corrected chi connectivity index (χ4v) is 2.61. The Morgan fingerprint density at radius 2 is 1.95 bits per heavy atom. The van der Waals surface area contributed by atoms with Gasteiger partial charge >= 0.3 is 5.97 Å². The highest BCUT2D eigenvalue weighted by Crippen LogP contribution is 2.26. The van der Waals surface area contributed by atoms with Gasteiger partial charge in [-0.3, -0.25) is 0 Å². The summed E-state index contributed by atoms with van der Waals surface area (Å²) in [4.78, 5) is 19.6. The Morgan fingerprint density at radius 3 is 2.76 bits per heavy atom. The molecule has 108 valence electrons. The number of benzene rings is 1. The molecule has 0 unspecified atom stereocenters. The van der Waals surface area contributed by atoms with E-state index in [-0.39, 0.29) is 5.69 Å². The molecule has 0 radical (unpaired) electrons. The first-order valence-corrected chi connectivity index (χ1v) is 6.89. The second-order valence-corrected chi connectivity index (χ2v) is 5.16. The molecule has 3 rings (SSSR count). The van der Waals surface area contributed by atoms with Crippen LogP contribution in [0.15, 0.2) is 42.5 Å². The summed E-state index contributed by atoms with van der Waals surface area (Å²) in [6.45, 7) is 2.41. The normalized spacial score (nSPS) is 14.5. The predicted octanol–water partition coefficient (Wildman–Crippen LogP) is 2.24. The number of aromatic carboxylic acids is 1. The molecule has 0 fully saturated rings. The number of fused-ring (bicyclic) bond motifs is 1. The predicted molar refractivity (Wildman–Crippen MR) is 82.0 cm³/mol. The van der Waals surface area contributed by atoms with Gasteiger partial charge in [-0.2, -0.15) is 0 Å². The van der Waals surface area contributed by atoms with Crippen molar-refractivity contribution in [3.05, 3.63) is 53.7 Å². The number of carboxylic acid groups (broad SMARTS) is 1. The topological polar surface area (TPSA) is 56.7 Å². The Bertz CT molecular complexity index is 672. The van der Waals surface area contributed by atoms with Crippen molar-refractivity contribution in [1.82, 2.24) is 4.98 Å². The van der Waals surface area contributed by atoms with Crippen molar-refractivity contribution >= 4 is 17.5 Å². The van der Waals surface area contributed by atoms with Crippen molar-refractivity contribution in [2.45, 2.75) is 6.54 Å². The van der Waals surface area contributed by atoms with Gasteiger partial charge in [-0.1, -0.05) is 24.3 Å². The second-order valence-electron chi connectivity index (χ2n) is 5.16. The standard InChI is InChI=1S/C16H17N3O2/c1-18-9-10-19(11-12-5-2-3-7-14(12)18)15-8-4-6-13(17-15)16(20)21/h2-8H,9-11H2,1H3,(H,20,21). The molecule has 0 saturated carbocycles. The Labute approximate surface area is 123 Å². The van der Waals surface area contributed by atoms with Crippen LogP contribution >= 0.6 is 0 Å². The van der Waals surface area contributed by atoms with Gasteiger partial charge in [0.2, 0.25) is 0 Å². The van der Waals surface area contributed by atoms with E-state index in [4.69, 9.17) is 5.11 Å². The van der Waals surface area contributed by atoms with Gasteiger partial charge in [0, 0.05) is 32.4 Å². The van der Waals surface area contributed by atoms with Crippen molar-refractivity contribution in [3.63, 3.8) is 0 Å². The number of hydrogen-bond acceptors (Lipinski definition) is 4. The van der Waals surface area contributed by atoms with Crippen molar-refractivity contribution in [3.8, 4) is 0 Å². The lowest BCUT2D eigenvalue weighted by Gasteiger charge is -2.22. The van der Waals surface area contributed by atoms with Crippen LogP contribution in [0.4, 0.5) is 11.5 Å². The minimum Gasteiger partial charge on any atom is -0.477 e. The molecule has 0 aliphatic carbocycles. The molecule has 1 aliphatic rings. The lowest BCUT2D eigenvalue weighted by Crippen LogP contribution is -2.29. The van der Waals surface area contributed by atoms with Crippen LogP contribution in [0.1, 0.15) is 16.1 Å². The highest BCUT2D eigenvalue weighted by atomic mass is 16.4. The summed E-state index contributed by atoms with van der Waals surface area (Å²) in [5.74, 6) is -0.288. The molecule has 2 aromatic rings. The van der Waals surface area contributed by atoms with Gasteiger partial charge in [0.15, 0.2) is 5.69 Å². The number of carbonyl (C=O) groups is 1. The van der Waals surface area contributed by atoms with Crippen molar-refractivity contribution in [2.75, 3.05) is 29.9 Å². The minimum absolute atomic E-state index is 0.0818. The fraction of sp³-hybridized carbons (Fsp3) is 0.250. The molecule has 1 aromatic carbocycles. The average Bonchev–Trinajstić information content (AvgIpc) is 2.67. The molecule has 0 saturated heterocycles. The van der Waals surface area contributed by atoms with E-state index >= 15 is 0 Å². The third-order valence-electron chi connectivity index (χ3n) is 3.75. The van der Waals surface area contributed by atoms with Gasteiger partial charge in [0.1, 0.15) is 5.82 Å². The summed E-state index contributed by atoms with van der Waals surface area (Å²) in [6, 6.07) is 13.4. The first kappa shape index (κ1) is 13.4. The molecule has 1 aromatic heterocycles. The first-order valence-electron chi connectivity index (χ1n) is 6.89. The van der Waals surface area contributed by atoms with E-state index in [1.165, 1.54) is 17.3 Å². The SMILES string of the molecule is CN1CCN(c2cccc(C(=O)O)n2)Cc2ccccc21. The van der Waals surface area contributed by atoms with Gasteiger partial charge < -0.3 is 14.9 Å². The Balaban J connectivity index is 1.94. The molecule has 0 atom stereocenters. The van der Waals surface area contributed by atoms with Gasteiger partial charge in [-0.25, -0.2) is 9.78 Å². The van der Waals surface area contributed by atoms with E-state index in [2.05, 4.69) is 34.0 Å². The number of pyridine rings is 1. The lowest BCUT2D eigenvalue weighted by atomic mass is 10.1. The van der Waals surface area contributed by atoms with Gasteiger partial charge in [0.25, 0.3) is 0 Å². The quantitative estimate of drug-likeness (QED) is 0.916. The molecule has 0 spiro atoms. The van der Waals surface area contributed by atoms with E-state index in [1.54, 1.807) is 6.07 Å². The molecule has 5 nitrogen and oxygen atoms in total. The second kappa shape index (κ2) is 5.44. The summed E-state index contributed by atoms with van der Waals surface area (Å²) in [6.07, 6.45) is 0. The lowest BCUT2D eigenvalue weighted by molar-refractivity contribution is 0.0690. The highest BCUT2D eigenvalue weighted by Gasteiger charge is 2.18. The number of aromatic nitrogens is 1. The van der Waals surface area contributed by atoms with Crippen LogP contribution in [-0.4, -0.2) is 36.2 Å². The minimum atomic E-state index is -0.996. The number of para-hydroxylation sites is 1. The maximum atomic E-state index is 11.1. The summed E-state index contributed by atoms with van der Waals surface area (Å²) in [7, 11) is 2.07. The molecule has 1 aliphatic heterocycles. The van der Waals surface area contributed by atoms with Gasteiger partial charge in [-0.15, -0.1) is 0 Å². The van der Waals surface area contributed by atoms with E-state index in [0.717, 1.165) is 19.6 Å². The zero-order chi connectivity index (χ0) is 14.8. The van der Waals surface area contributed by atoms with Crippen molar-refractivity contribution in [1.29, 1.82) is 0 Å². The van der Waals surface area contributed by atoms with Crippen LogP contribution in [0.5, 0.6) is 0 Å². The van der Waals surface area contributed by atoms with Crippen LogP contribution in [0.2, 0.25) is 0 Å². The number of likely N-dealkylation sites (N-methyl/N-ethyl adjacent to an activating group) is 1. The molecular weight excluding hydrogens is 266 g/mol. The molecule has 5 heteroatoms. The summed E-state index contributed by atoms with van der Waals surface area (Å²) in [5.41, 5.74) is 2.52.